The van der Waals surface area contributed by atoms with Crippen molar-refractivity contribution in [2.45, 2.75) is 39.5 Å². The Kier molecular flexibility index (Phi) is 1.51. The molecule has 0 radical (unpaired) electrons. The molecule has 0 heteroatoms. The number of hydrogen-bond donors (Lipinski definition) is 0. The van der Waals surface area contributed by atoms with E-state index in [1.807, 2.05) is 0 Å². The summed E-state index contributed by atoms with van der Waals surface area (Å²) in [4.78, 5) is 0. The van der Waals surface area contributed by atoms with Crippen molar-refractivity contribution in [3.8, 4) is 0 Å². The van der Waals surface area contributed by atoms with Gasteiger partial charge in [0.05, 0.1) is 0 Å². The summed E-state index contributed by atoms with van der Waals surface area (Å²) < 4.78 is 0. The average molecular weight is 138 g/mol. The Morgan fingerprint density at radius 1 is 1.30 bits per heavy atom. The van der Waals surface area contributed by atoms with E-state index in [4.69, 9.17) is 0 Å². The first-order valence-electron chi connectivity index (χ1n) is 4.83. The van der Waals surface area contributed by atoms with Crippen LogP contribution in [0.4, 0.5) is 0 Å². The predicted octanol–water partition coefficient (Wildman–Crippen LogP) is 3.08. The minimum absolute atomic E-state index is 1.06. The molecule has 10 heavy (non-hydrogen) atoms. The van der Waals surface area contributed by atoms with Gasteiger partial charge in [0.2, 0.25) is 0 Å². The second kappa shape index (κ2) is 2.25. The van der Waals surface area contributed by atoms with Crippen LogP contribution in [0.3, 0.4) is 0 Å². The van der Waals surface area contributed by atoms with Gasteiger partial charge in [0, 0.05) is 0 Å². The third-order valence-electron chi connectivity index (χ3n) is 4.03. The van der Waals surface area contributed by atoms with Crippen LogP contribution in [0.25, 0.3) is 0 Å². The SMILES string of the molecule is CCC1CC2CCC2C1C. The molecular weight excluding hydrogens is 120 g/mol. The zero-order chi connectivity index (χ0) is 7.14. The lowest BCUT2D eigenvalue weighted by Crippen LogP contribution is -2.23. The summed E-state index contributed by atoms with van der Waals surface area (Å²) in [6.07, 6.45) is 6.07. The first-order chi connectivity index (χ1) is 4.83. The molecule has 0 bridgehead atoms. The Morgan fingerprint density at radius 3 is 2.40 bits per heavy atom. The highest BCUT2D eigenvalue weighted by atomic mass is 14.5. The van der Waals surface area contributed by atoms with Gasteiger partial charge in [-0.15, -0.1) is 0 Å². The topological polar surface area (TPSA) is 0 Å². The molecular formula is C10H18. The van der Waals surface area contributed by atoms with Crippen LogP contribution in [0.2, 0.25) is 0 Å². The third-order valence-corrected chi connectivity index (χ3v) is 4.03. The molecule has 0 heterocycles. The molecule has 4 atom stereocenters. The molecule has 2 rings (SSSR count). The largest absolute Gasteiger partial charge is 0.0651 e. The van der Waals surface area contributed by atoms with Crippen LogP contribution in [-0.4, -0.2) is 0 Å². The first-order valence-corrected chi connectivity index (χ1v) is 4.83. The van der Waals surface area contributed by atoms with Crippen LogP contribution < -0.4 is 0 Å². The molecule has 0 aromatic carbocycles. The maximum Gasteiger partial charge on any atom is -0.0357 e. The van der Waals surface area contributed by atoms with Crippen molar-refractivity contribution in [1.29, 1.82) is 0 Å². The van der Waals surface area contributed by atoms with E-state index in [1.54, 1.807) is 19.3 Å². The number of rotatable bonds is 1. The highest BCUT2D eigenvalue weighted by Crippen LogP contribution is 2.53. The molecule has 0 aliphatic heterocycles. The Labute approximate surface area is 64.0 Å². The van der Waals surface area contributed by atoms with Crippen molar-refractivity contribution in [1.82, 2.24) is 0 Å². The molecule has 0 amide bonds. The zero-order valence-electron chi connectivity index (χ0n) is 7.14. The average Bonchev–Trinajstić information content (AvgIpc) is 2.05. The minimum Gasteiger partial charge on any atom is -0.0651 e. The maximum absolute atomic E-state index is 2.47. The Hall–Kier alpha value is 0. The van der Waals surface area contributed by atoms with Crippen LogP contribution in [0.15, 0.2) is 0 Å². The highest BCUT2D eigenvalue weighted by molar-refractivity contribution is 4.94. The van der Waals surface area contributed by atoms with Gasteiger partial charge in [0.1, 0.15) is 0 Å². The predicted molar refractivity (Wildman–Crippen MR) is 43.8 cm³/mol. The summed E-state index contributed by atoms with van der Waals surface area (Å²) in [7, 11) is 0. The summed E-state index contributed by atoms with van der Waals surface area (Å²) in [5, 5.41) is 0. The standard InChI is InChI=1S/C10H18/c1-3-8-6-9-4-5-10(9)7(8)2/h7-10H,3-6H2,1-2H3. The van der Waals surface area contributed by atoms with Gasteiger partial charge < -0.3 is 0 Å². The molecule has 2 aliphatic rings. The Bertz CT molecular complexity index is 128. The van der Waals surface area contributed by atoms with E-state index in [0.717, 1.165) is 23.7 Å². The quantitative estimate of drug-likeness (QED) is 0.522. The van der Waals surface area contributed by atoms with Gasteiger partial charge in [-0.3, -0.25) is 0 Å². The maximum atomic E-state index is 2.47. The molecule has 0 spiro atoms. The van der Waals surface area contributed by atoms with Crippen molar-refractivity contribution in [3.63, 3.8) is 0 Å². The fourth-order valence-corrected chi connectivity index (χ4v) is 3.07. The van der Waals surface area contributed by atoms with Gasteiger partial charge in [-0.2, -0.15) is 0 Å². The van der Waals surface area contributed by atoms with Gasteiger partial charge in [-0.05, 0) is 42.9 Å². The minimum atomic E-state index is 1.06. The van der Waals surface area contributed by atoms with Crippen molar-refractivity contribution >= 4 is 0 Å². The van der Waals surface area contributed by atoms with Gasteiger partial charge in [0.15, 0.2) is 0 Å². The molecule has 58 valence electrons. The van der Waals surface area contributed by atoms with E-state index < -0.39 is 0 Å². The van der Waals surface area contributed by atoms with Crippen LogP contribution >= 0.6 is 0 Å². The number of hydrogen-bond acceptors (Lipinski definition) is 0. The van der Waals surface area contributed by atoms with Gasteiger partial charge in [-0.25, -0.2) is 0 Å². The Balaban J connectivity index is 2.02. The van der Waals surface area contributed by atoms with Crippen LogP contribution in [-0.2, 0) is 0 Å². The molecule has 0 saturated heterocycles. The van der Waals surface area contributed by atoms with Crippen molar-refractivity contribution < 1.29 is 0 Å². The van der Waals surface area contributed by atoms with E-state index in [-0.39, 0.29) is 0 Å². The summed E-state index contributed by atoms with van der Waals surface area (Å²) in [5.74, 6) is 4.44. The smallest absolute Gasteiger partial charge is 0.0357 e. The lowest BCUT2D eigenvalue weighted by molar-refractivity contribution is 0.175. The second-order valence-electron chi connectivity index (χ2n) is 4.26. The number of fused-ring (bicyclic) bond motifs is 1. The van der Waals surface area contributed by atoms with Crippen molar-refractivity contribution in [2.24, 2.45) is 23.7 Å². The molecule has 0 aromatic heterocycles. The lowest BCUT2D eigenvalue weighted by Gasteiger charge is -2.32. The fraction of sp³-hybridized carbons (Fsp3) is 1.00. The van der Waals surface area contributed by atoms with Gasteiger partial charge >= 0.3 is 0 Å². The van der Waals surface area contributed by atoms with E-state index >= 15 is 0 Å². The molecule has 0 aromatic rings. The lowest BCUT2D eigenvalue weighted by atomic mass is 9.73. The van der Waals surface area contributed by atoms with Crippen LogP contribution in [0.1, 0.15) is 39.5 Å². The third kappa shape index (κ3) is 0.741. The first kappa shape index (κ1) is 6.69. The zero-order valence-corrected chi connectivity index (χ0v) is 7.14. The molecule has 0 nitrogen and oxygen atoms in total. The second-order valence-corrected chi connectivity index (χ2v) is 4.26. The van der Waals surface area contributed by atoms with Gasteiger partial charge in [-0.1, -0.05) is 20.3 Å². The summed E-state index contributed by atoms with van der Waals surface area (Å²) in [6, 6.07) is 0. The molecule has 2 aliphatic carbocycles. The normalized spacial score (nSPS) is 52.2. The van der Waals surface area contributed by atoms with Crippen LogP contribution in [0, 0.1) is 23.7 Å². The summed E-state index contributed by atoms with van der Waals surface area (Å²) >= 11 is 0. The van der Waals surface area contributed by atoms with Crippen molar-refractivity contribution in [2.75, 3.05) is 0 Å². The molecule has 4 unspecified atom stereocenters. The molecule has 2 saturated carbocycles. The van der Waals surface area contributed by atoms with E-state index in [2.05, 4.69) is 13.8 Å². The monoisotopic (exact) mass is 138 g/mol. The van der Waals surface area contributed by atoms with Gasteiger partial charge in [0.25, 0.3) is 0 Å². The fourth-order valence-electron chi connectivity index (χ4n) is 3.07. The van der Waals surface area contributed by atoms with Crippen LogP contribution in [0.5, 0.6) is 0 Å². The van der Waals surface area contributed by atoms with Crippen molar-refractivity contribution in [3.05, 3.63) is 0 Å². The summed E-state index contributed by atoms with van der Waals surface area (Å²) in [6.45, 7) is 4.82. The molecule has 0 N–H and O–H groups in total. The highest BCUT2D eigenvalue weighted by Gasteiger charge is 2.44. The van der Waals surface area contributed by atoms with E-state index in [9.17, 15) is 0 Å². The Morgan fingerprint density at radius 2 is 2.10 bits per heavy atom. The summed E-state index contributed by atoms with van der Waals surface area (Å²) in [5.41, 5.74) is 0. The van der Waals surface area contributed by atoms with E-state index in [1.165, 1.54) is 6.42 Å². The molecule has 2 fully saturated rings. The van der Waals surface area contributed by atoms with E-state index in [0.29, 0.717) is 0 Å².